The highest BCUT2D eigenvalue weighted by atomic mass is 35.5. The van der Waals surface area contributed by atoms with E-state index in [0.717, 1.165) is 35.8 Å². The number of carbonyl (C=O) groups is 2. The number of hydrogen-bond donors (Lipinski definition) is 3. The number of amides is 2. The lowest BCUT2D eigenvalue weighted by molar-refractivity contribution is -0.126. The molecule has 1 atom stereocenters. The van der Waals surface area contributed by atoms with Crippen molar-refractivity contribution in [2.75, 3.05) is 19.6 Å². The van der Waals surface area contributed by atoms with Gasteiger partial charge in [-0.2, -0.15) is 0 Å². The number of carbonyl (C=O) groups excluding carboxylic acids is 2. The van der Waals surface area contributed by atoms with Gasteiger partial charge in [0.25, 0.3) is 0 Å². The Balaban J connectivity index is 0.00000208. The lowest BCUT2D eigenvalue weighted by Gasteiger charge is -2.12. The molecule has 128 valence electrons. The Hall–Kier alpha value is -2.11. The van der Waals surface area contributed by atoms with Crippen molar-refractivity contribution in [3.05, 3.63) is 48.0 Å². The summed E-state index contributed by atoms with van der Waals surface area (Å²) >= 11 is 0. The highest BCUT2D eigenvalue weighted by molar-refractivity contribution is 5.91. The monoisotopic (exact) mass is 347 g/mol. The van der Waals surface area contributed by atoms with Crippen LogP contribution < -0.4 is 16.0 Å². The molecule has 0 aliphatic carbocycles. The Kier molecular flexibility index (Phi) is 6.58. The lowest BCUT2D eigenvalue weighted by Crippen LogP contribution is -2.43. The van der Waals surface area contributed by atoms with Gasteiger partial charge in [0, 0.05) is 12.6 Å². The van der Waals surface area contributed by atoms with E-state index in [1.165, 1.54) is 0 Å². The van der Waals surface area contributed by atoms with Gasteiger partial charge in [-0.25, -0.2) is 0 Å². The number of halogens is 1. The van der Waals surface area contributed by atoms with Crippen molar-refractivity contribution in [1.82, 2.24) is 16.0 Å². The Bertz CT molecular complexity index is 709. The van der Waals surface area contributed by atoms with Gasteiger partial charge in [-0.05, 0) is 29.3 Å². The van der Waals surface area contributed by atoms with Gasteiger partial charge in [-0.15, -0.1) is 12.4 Å². The molecule has 1 aliphatic rings. The third-order valence-corrected chi connectivity index (χ3v) is 4.10. The van der Waals surface area contributed by atoms with Crippen molar-refractivity contribution in [3.8, 4) is 0 Å². The zero-order valence-electron chi connectivity index (χ0n) is 13.4. The molecule has 2 aromatic carbocycles. The number of hydrogen-bond acceptors (Lipinski definition) is 3. The molecule has 1 saturated heterocycles. The molecule has 5 nitrogen and oxygen atoms in total. The minimum Gasteiger partial charge on any atom is -0.351 e. The first-order valence-corrected chi connectivity index (χ1v) is 7.96. The summed E-state index contributed by atoms with van der Waals surface area (Å²) in [5, 5.41) is 11.0. The molecule has 0 radical (unpaired) electrons. The van der Waals surface area contributed by atoms with E-state index in [4.69, 9.17) is 0 Å². The van der Waals surface area contributed by atoms with Crippen molar-refractivity contribution >= 4 is 35.0 Å². The van der Waals surface area contributed by atoms with E-state index in [-0.39, 0.29) is 43.2 Å². The summed E-state index contributed by atoms with van der Waals surface area (Å²) in [6.45, 7) is 1.76. The van der Waals surface area contributed by atoms with E-state index >= 15 is 0 Å². The molecule has 1 unspecified atom stereocenters. The van der Waals surface area contributed by atoms with Gasteiger partial charge < -0.3 is 16.0 Å². The molecule has 24 heavy (non-hydrogen) atoms. The quantitative estimate of drug-likeness (QED) is 0.765. The summed E-state index contributed by atoms with van der Waals surface area (Å²) in [7, 11) is 0. The molecular weight excluding hydrogens is 326 g/mol. The number of rotatable bonds is 5. The molecule has 2 amide bonds. The van der Waals surface area contributed by atoms with Crippen LogP contribution in [0.3, 0.4) is 0 Å². The highest BCUT2D eigenvalue weighted by Crippen LogP contribution is 2.18. The summed E-state index contributed by atoms with van der Waals surface area (Å²) in [6.07, 6.45) is 1.22. The van der Waals surface area contributed by atoms with Crippen LogP contribution in [0.5, 0.6) is 0 Å². The third kappa shape index (κ3) is 4.69. The predicted molar refractivity (Wildman–Crippen MR) is 97.3 cm³/mol. The van der Waals surface area contributed by atoms with Crippen LogP contribution in [-0.4, -0.2) is 37.5 Å². The number of benzene rings is 2. The van der Waals surface area contributed by atoms with Crippen LogP contribution in [0, 0.1) is 0 Å². The smallest absolute Gasteiger partial charge is 0.239 e. The molecule has 0 bridgehead atoms. The second-order valence-corrected chi connectivity index (χ2v) is 5.85. The van der Waals surface area contributed by atoms with Crippen LogP contribution in [-0.2, 0) is 16.0 Å². The fraction of sp³-hybridized carbons (Fsp3) is 0.333. The zero-order chi connectivity index (χ0) is 16.1. The van der Waals surface area contributed by atoms with E-state index in [1.54, 1.807) is 0 Å². The Morgan fingerprint density at radius 2 is 1.88 bits per heavy atom. The second kappa shape index (κ2) is 8.66. The number of fused-ring (bicyclic) bond motifs is 1. The fourth-order valence-corrected chi connectivity index (χ4v) is 2.92. The van der Waals surface area contributed by atoms with Crippen LogP contribution in [0.1, 0.15) is 12.0 Å². The molecule has 0 spiro atoms. The van der Waals surface area contributed by atoms with Crippen molar-refractivity contribution < 1.29 is 9.59 Å². The summed E-state index contributed by atoms with van der Waals surface area (Å²) in [5.41, 5.74) is 0.973. The summed E-state index contributed by atoms with van der Waals surface area (Å²) in [6, 6.07) is 14.1. The maximum absolute atomic E-state index is 12.1. The van der Waals surface area contributed by atoms with Gasteiger partial charge in [-0.3, -0.25) is 9.59 Å². The van der Waals surface area contributed by atoms with E-state index in [0.29, 0.717) is 0 Å². The highest BCUT2D eigenvalue weighted by Gasteiger charge is 2.16. The Labute approximate surface area is 147 Å². The number of nitrogens with one attached hydrogen (secondary N) is 3. The van der Waals surface area contributed by atoms with E-state index < -0.39 is 0 Å². The van der Waals surface area contributed by atoms with E-state index in [1.807, 2.05) is 42.5 Å². The van der Waals surface area contributed by atoms with Gasteiger partial charge >= 0.3 is 0 Å². The van der Waals surface area contributed by atoms with Crippen molar-refractivity contribution in [2.24, 2.45) is 0 Å². The summed E-state index contributed by atoms with van der Waals surface area (Å²) in [5.74, 6) is -0.272. The SMILES string of the molecule is Cl.O=C(Cc1cccc2ccccc12)NCC(=O)NC1CCNC1. The fourth-order valence-electron chi connectivity index (χ4n) is 2.92. The maximum Gasteiger partial charge on any atom is 0.239 e. The minimum atomic E-state index is -0.138. The van der Waals surface area contributed by atoms with E-state index in [2.05, 4.69) is 16.0 Å². The van der Waals surface area contributed by atoms with Crippen molar-refractivity contribution in [1.29, 1.82) is 0 Å². The first-order valence-electron chi connectivity index (χ1n) is 7.96. The average Bonchev–Trinajstić information content (AvgIpc) is 3.06. The Morgan fingerprint density at radius 3 is 2.67 bits per heavy atom. The van der Waals surface area contributed by atoms with Crippen LogP contribution in [0.2, 0.25) is 0 Å². The topological polar surface area (TPSA) is 70.2 Å². The Morgan fingerprint density at radius 1 is 1.08 bits per heavy atom. The molecular formula is C18H22ClN3O2. The molecule has 1 heterocycles. The standard InChI is InChI=1S/C18H21N3O2.ClH/c22-17(20-12-18(23)21-15-8-9-19-11-15)10-14-6-3-5-13-4-1-2-7-16(13)14;/h1-7,15,19H,8-12H2,(H,20,22)(H,21,23);1H. The zero-order valence-corrected chi connectivity index (χ0v) is 14.2. The molecule has 3 rings (SSSR count). The molecule has 1 aliphatic heterocycles. The molecule has 2 aromatic rings. The van der Waals surface area contributed by atoms with Gasteiger partial charge in [0.1, 0.15) is 0 Å². The van der Waals surface area contributed by atoms with Crippen LogP contribution in [0.4, 0.5) is 0 Å². The van der Waals surface area contributed by atoms with E-state index in [9.17, 15) is 9.59 Å². The lowest BCUT2D eigenvalue weighted by atomic mass is 10.0. The molecule has 1 fully saturated rings. The van der Waals surface area contributed by atoms with Gasteiger partial charge in [0.15, 0.2) is 0 Å². The molecule has 0 aromatic heterocycles. The maximum atomic E-state index is 12.1. The predicted octanol–water partition coefficient (Wildman–Crippen LogP) is 1.40. The molecule has 6 heteroatoms. The van der Waals surface area contributed by atoms with Crippen LogP contribution in [0.15, 0.2) is 42.5 Å². The van der Waals surface area contributed by atoms with Gasteiger partial charge in [-0.1, -0.05) is 42.5 Å². The summed E-state index contributed by atoms with van der Waals surface area (Å²) < 4.78 is 0. The molecule has 3 N–H and O–H groups in total. The largest absolute Gasteiger partial charge is 0.351 e. The third-order valence-electron chi connectivity index (χ3n) is 4.10. The van der Waals surface area contributed by atoms with Gasteiger partial charge in [0.2, 0.25) is 11.8 Å². The van der Waals surface area contributed by atoms with Crippen molar-refractivity contribution in [3.63, 3.8) is 0 Å². The normalized spacial score (nSPS) is 16.4. The first-order chi connectivity index (χ1) is 11.2. The first kappa shape index (κ1) is 18.2. The van der Waals surface area contributed by atoms with Crippen LogP contribution >= 0.6 is 12.4 Å². The van der Waals surface area contributed by atoms with Crippen molar-refractivity contribution in [2.45, 2.75) is 18.9 Å². The van der Waals surface area contributed by atoms with Gasteiger partial charge in [0.05, 0.1) is 13.0 Å². The van der Waals surface area contributed by atoms with Crippen LogP contribution in [0.25, 0.3) is 10.8 Å². The second-order valence-electron chi connectivity index (χ2n) is 5.85. The average molecular weight is 348 g/mol. The molecule has 0 saturated carbocycles. The minimum absolute atomic E-state index is 0. The summed E-state index contributed by atoms with van der Waals surface area (Å²) in [4.78, 5) is 23.9.